The topological polar surface area (TPSA) is 72.5 Å². The normalized spacial score (nSPS) is 12.6. The van der Waals surface area contributed by atoms with Gasteiger partial charge in [0.15, 0.2) is 0 Å². The number of esters is 1. The highest BCUT2D eigenvalue weighted by Gasteiger charge is 2.17. The average Bonchev–Trinajstić information content (AvgIpc) is 2.38. The molecule has 1 amide bonds. The average molecular weight is 343 g/mol. The molecule has 0 heterocycles. The standard InChI is InChI=1S/C16H22FNO4S/c1-11-5-6-13(17)12(7-11)9-23(21)10-14(19)18-8-15(20)22-16(2,3)4/h5-7H,8-10H2,1-4H3,(H,18,19). The van der Waals surface area contributed by atoms with E-state index >= 15 is 0 Å². The van der Waals surface area contributed by atoms with E-state index in [9.17, 15) is 18.2 Å². The molecule has 0 spiro atoms. The van der Waals surface area contributed by atoms with Gasteiger partial charge in [0.05, 0.1) is 5.75 Å². The van der Waals surface area contributed by atoms with Crippen molar-refractivity contribution in [2.45, 2.75) is 39.0 Å². The van der Waals surface area contributed by atoms with Crippen LogP contribution in [0.25, 0.3) is 0 Å². The lowest BCUT2D eigenvalue weighted by Gasteiger charge is -2.19. The first-order valence-corrected chi connectivity index (χ1v) is 8.64. The van der Waals surface area contributed by atoms with Gasteiger partial charge in [-0.3, -0.25) is 13.8 Å². The third-order valence-corrected chi connectivity index (χ3v) is 3.88. The number of amides is 1. The van der Waals surface area contributed by atoms with Crippen molar-refractivity contribution in [2.24, 2.45) is 0 Å². The highest BCUT2D eigenvalue weighted by molar-refractivity contribution is 7.84. The molecule has 0 aromatic heterocycles. The van der Waals surface area contributed by atoms with Gasteiger partial charge in [-0.1, -0.05) is 17.7 Å². The number of benzene rings is 1. The van der Waals surface area contributed by atoms with Crippen LogP contribution >= 0.6 is 0 Å². The molecule has 5 nitrogen and oxygen atoms in total. The maximum absolute atomic E-state index is 13.6. The monoisotopic (exact) mass is 343 g/mol. The quantitative estimate of drug-likeness (QED) is 0.800. The molecule has 1 aromatic rings. The molecule has 1 unspecified atom stereocenters. The maximum atomic E-state index is 13.6. The summed E-state index contributed by atoms with van der Waals surface area (Å²) in [6, 6.07) is 4.53. The Morgan fingerprint density at radius 3 is 2.57 bits per heavy atom. The molecule has 0 fully saturated rings. The summed E-state index contributed by atoms with van der Waals surface area (Å²) in [5.41, 5.74) is 0.531. The number of aryl methyl sites for hydroxylation is 1. The number of rotatable bonds is 6. The molecular weight excluding hydrogens is 321 g/mol. The van der Waals surface area contributed by atoms with Crippen molar-refractivity contribution in [1.29, 1.82) is 0 Å². The van der Waals surface area contributed by atoms with E-state index in [1.807, 2.05) is 0 Å². The van der Waals surface area contributed by atoms with Gasteiger partial charge < -0.3 is 10.1 Å². The summed E-state index contributed by atoms with van der Waals surface area (Å²) in [5, 5.41) is 2.35. The minimum absolute atomic E-state index is 0.0482. The number of nitrogens with one attached hydrogen (secondary N) is 1. The summed E-state index contributed by atoms with van der Waals surface area (Å²) in [5.74, 6) is -1.90. The van der Waals surface area contributed by atoms with Crippen LogP contribution in [0.15, 0.2) is 18.2 Å². The Bertz CT molecular complexity index is 611. The van der Waals surface area contributed by atoms with E-state index < -0.39 is 34.1 Å². The molecule has 0 bridgehead atoms. The van der Waals surface area contributed by atoms with Crippen LogP contribution in [-0.2, 0) is 30.9 Å². The van der Waals surface area contributed by atoms with Crippen molar-refractivity contribution in [2.75, 3.05) is 12.3 Å². The van der Waals surface area contributed by atoms with E-state index in [2.05, 4.69) is 5.32 Å². The lowest BCUT2D eigenvalue weighted by molar-refractivity contribution is -0.154. The minimum atomic E-state index is -1.56. The largest absolute Gasteiger partial charge is 0.459 e. The highest BCUT2D eigenvalue weighted by atomic mass is 32.2. The molecule has 0 radical (unpaired) electrons. The Balaban J connectivity index is 2.44. The molecule has 0 aliphatic carbocycles. The summed E-state index contributed by atoms with van der Waals surface area (Å²) in [7, 11) is -1.56. The second-order valence-electron chi connectivity index (χ2n) is 6.19. The summed E-state index contributed by atoms with van der Waals surface area (Å²) in [6.07, 6.45) is 0. The third kappa shape index (κ3) is 7.88. The molecule has 23 heavy (non-hydrogen) atoms. The lowest BCUT2D eigenvalue weighted by atomic mass is 10.1. The predicted octanol–water partition coefficient (Wildman–Crippen LogP) is 1.84. The van der Waals surface area contributed by atoms with Crippen LogP contribution < -0.4 is 5.32 Å². The molecule has 7 heteroatoms. The van der Waals surface area contributed by atoms with E-state index in [-0.39, 0.29) is 18.1 Å². The van der Waals surface area contributed by atoms with Crippen molar-refractivity contribution in [3.63, 3.8) is 0 Å². The molecule has 0 saturated heterocycles. The number of hydrogen-bond donors (Lipinski definition) is 1. The summed E-state index contributed by atoms with van der Waals surface area (Å²) in [4.78, 5) is 23.1. The molecular formula is C16H22FNO4S. The van der Waals surface area contributed by atoms with Gasteiger partial charge in [-0.25, -0.2) is 4.39 Å². The zero-order chi connectivity index (χ0) is 17.6. The second-order valence-corrected chi connectivity index (χ2v) is 7.64. The van der Waals surface area contributed by atoms with Gasteiger partial charge in [-0.05, 0) is 33.8 Å². The van der Waals surface area contributed by atoms with Crippen molar-refractivity contribution >= 4 is 22.7 Å². The predicted molar refractivity (Wildman–Crippen MR) is 86.7 cm³/mol. The van der Waals surface area contributed by atoms with Crippen molar-refractivity contribution in [1.82, 2.24) is 5.32 Å². The zero-order valence-corrected chi connectivity index (χ0v) is 14.6. The maximum Gasteiger partial charge on any atom is 0.325 e. The van der Waals surface area contributed by atoms with Crippen LogP contribution in [0, 0.1) is 12.7 Å². The van der Waals surface area contributed by atoms with Crippen LogP contribution in [0.4, 0.5) is 4.39 Å². The number of carbonyl (C=O) groups is 2. The highest BCUT2D eigenvalue weighted by Crippen LogP contribution is 2.12. The Morgan fingerprint density at radius 2 is 1.96 bits per heavy atom. The van der Waals surface area contributed by atoms with Crippen LogP contribution in [0.3, 0.4) is 0 Å². The van der Waals surface area contributed by atoms with Crippen LogP contribution in [0.5, 0.6) is 0 Å². The van der Waals surface area contributed by atoms with E-state index in [1.54, 1.807) is 39.8 Å². The van der Waals surface area contributed by atoms with Gasteiger partial charge in [0.1, 0.15) is 23.7 Å². The first-order valence-electron chi connectivity index (χ1n) is 7.15. The van der Waals surface area contributed by atoms with Gasteiger partial charge in [0, 0.05) is 16.4 Å². The molecule has 1 N–H and O–H groups in total. The molecule has 0 saturated carbocycles. The first-order chi connectivity index (χ1) is 10.6. The van der Waals surface area contributed by atoms with Crippen LogP contribution in [0.1, 0.15) is 31.9 Å². The lowest BCUT2D eigenvalue weighted by Crippen LogP contribution is -2.36. The van der Waals surface area contributed by atoms with Crippen molar-refractivity contribution in [3.8, 4) is 0 Å². The van der Waals surface area contributed by atoms with E-state index in [0.717, 1.165) is 5.56 Å². The molecule has 1 rings (SSSR count). The summed E-state index contributed by atoms with van der Waals surface area (Å²) in [6.45, 7) is 6.68. The number of hydrogen-bond acceptors (Lipinski definition) is 4. The van der Waals surface area contributed by atoms with Crippen LogP contribution in [-0.4, -0.2) is 34.0 Å². The molecule has 0 aliphatic rings. The van der Waals surface area contributed by atoms with Gasteiger partial charge >= 0.3 is 5.97 Å². The zero-order valence-electron chi connectivity index (χ0n) is 13.8. The van der Waals surface area contributed by atoms with Gasteiger partial charge in [0.2, 0.25) is 5.91 Å². The van der Waals surface area contributed by atoms with E-state index in [1.165, 1.54) is 6.07 Å². The van der Waals surface area contributed by atoms with Crippen molar-refractivity contribution in [3.05, 3.63) is 35.1 Å². The number of halogens is 1. The van der Waals surface area contributed by atoms with Gasteiger partial charge in [0.25, 0.3) is 0 Å². The number of ether oxygens (including phenoxy) is 1. The van der Waals surface area contributed by atoms with Crippen LogP contribution in [0.2, 0.25) is 0 Å². The number of carbonyl (C=O) groups excluding carboxylic acids is 2. The van der Waals surface area contributed by atoms with Gasteiger partial charge in [-0.15, -0.1) is 0 Å². The molecule has 1 atom stereocenters. The first kappa shape index (κ1) is 19.3. The molecule has 0 aliphatic heterocycles. The fourth-order valence-corrected chi connectivity index (χ4v) is 2.85. The Hall–Kier alpha value is -1.76. The second kappa shape index (κ2) is 8.19. The van der Waals surface area contributed by atoms with Crippen molar-refractivity contribution < 1.29 is 22.9 Å². The Labute approximate surface area is 138 Å². The summed E-state index contributed by atoms with van der Waals surface area (Å²) < 4.78 is 30.5. The smallest absolute Gasteiger partial charge is 0.325 e. The third-order valence-electron chi connectivity index (χ3n) is 2.66. The fraction of sp³-hybridized carbons (Fsp3) is 0.500. The minimum Gasteiger partial charge on any atom is -0.459 e. The Morgan fingerprint density at radius 1 is 1.30 bits per heavy atom. The van der Waals surface area contributed by atoms with E-state index in [0.29, 0.717) is 5.56 Å². The van der Waals surface area contributed by atoms with Gasteiger partial charge in [-0.2, -0.15) is 0 Å². The Kier molecular flexibility index (Phi) is 6.87. The fourth-order valence-electron chi connectivity index (χ4n) is 1.78. The van der Waals surface area contributed by atoms with E-state index in [4.69, 9.17) is 4.74 Å². The summed E-state index contributed by atoms with van der Waals surface area (Å²) >= 11 is 0. The molecule has 1 aromatic carbocycles. The SMILES string of the molecule is Cc1ccc(F)c(CS(=O)CC(=O)NCC(=O)OC(C)(C)C)c1. The molecule has 128 valence electrons.